The standard InChI is InChI=1S/C14H28N2/c1-3-16-10-9-14(12(2)11-16)15-13-7-5-4-6-8-13/h12-15H,3-11H2,1-2H3. The molecule has 2 rings (SSSR count). The van der Waals surface area contributed by atoms with Crippen LogP contribution in [0.2, 0.25) is 0 Å². The first-order valence-corrected chi connectivity index (χ1v) is 7.28. The van der Waals surface area contributed by atoms with Gasteiger partial charge in [-0.15, -0.1) is 0 Å². The molecule has 0 bridgehead atoms. The van der Waals surface area contributed by atoms with E-state index in [1.807, 2.05) is 0 Å². The van der Waals surface area contributed by atoms with Gasteiger partial charge in [-0.3, -0.25) is 0 Å². The van der Waals surface area contributed by atoms with E-state index < -0.39 is 0 Å². The molecule has 1 aliphatic carbocycles. The van der Waals surface area contributed by atoms with Gasteiger partial charge in [0, 0.05) is 18.6 Å². The highest BCUT2D eigenvalue weighted by Gasteiger charge is 2.27. The lowest BCUT2D eigenvalue weighted by atomic mass is 9.89. The SMILES string of the molecule is CCN1CCC(NC2CCCCC2)C(C)C1. The van der Waals surface area contributed by atoms with Crippen molar-refractivity contribution in [1.82, 2.24) is 10.2 Å². The van der Waals surface area contributed by atoms with Crippen LogP contribution < -0.4 is 5.32 Å². The highest BCUT2D eigenvalue weighted by molar-refractivity contribution is 4.85. The van der Waals surface area contributed by atoms with Crippen LogP contribution in [0.5, 0.6) is 0 Å². The first kappa shape index (κ1) is 12.4. The molecule has 2 heteroatoms. The van der Waals surface area contributed by atoms with Crippen molar-refractivity contribution in [1.29, 1.82) is 0 Å². The van der Waals surface area contributed by atoms with E-state index in [0.29, 0.717) is 0 Å². The summed E-state index contributed by atoms with van der Waals surface area (Å²) in [5.74, 6) is 0.829. The van der Waals surface area contributed by atoms with Gasteiger partial charge in [0.1, 0.15) is 0 Å². The molecule has 1 heterocycles. The molecule has 0 radical (unpaired) electrons. The van der Waals surface area contributed by atoms with Gasteiger partial charge in [0.15, 0.2) is 0 Å². The van der Waals surface area contributed by atoms with Gasteiger partial charge in [0.25, 0.3) is 0 Å². The monoisotopic (exact) mass is 224 g/mol. The average Bonchev–Trinajstić information content (AvgIpc) is 2.33. The molecule has 0 aromatic heterocycles. The van der Waals surface area contributed by atoms with Crippen molar-refractivity contribution in [3.05, 3.63) is 0 Å². The Balaban J connectivity index is 1.76. The molecule has 0 spiro atoms. The predicted molar refractivity (Wildman–Crippen MR) is 69.7 cm³/mol. The molecule has 2 nitrogen and oxygen atoms in total. The molecule has 2 atom stereocenters. The first-order chi connectivity index (χ1) is 7.79. The zero-order valence-corrected chi connectivity index (χ0v) is 11.0. The van der Waals surface area contributed by atoms with Gasteiger partial charge in [-0.1, -0.05) is 33.1 Å². The summed E-state index contributed by atoms with van der Waals surface area (Å²) in [5.41, 5.74) is 0. The molecule has 2 fully saturated rings. The van der Waals surface area contributed by atoms with Gasteiger partial charge in [-0.05, 0) is 38.3 Å². The molecule has 1 saturated heterocycles. The fourth-order valence-corrected chi connectivity index (χ4v) is 3.34. The molecule has 1 N–H and O–H groups in total. The molecule has 0 aromatic carbocycles. The molecule has 2 unspecified atom stereocenters. The summed E-state index contributed by atoms with van der Waals surface area (Å²) in [6.07, 6.45) is 8.54. The lowest BCUT2D eigenvalue weighted by Crippen LogP contribution is -2.51. The zero-order valence-electron chi connectivity index (χ0n) is 11.0. The van der Waals surface area contributed by atoms with Crippen molar-refractivity contribution in [2.45, 2.75) is 64.5 Å². The Labute approximate surface area is 101 Å². The summed E-state index contributed by atoms with van der Waals surface area (Å²) in [5, 5.41) is 3.93. The highest BCUT2D eigenvalue weighted by atomic mass is 15.1. The maximum absolute atomic E-state index is 3.93. The molecule has 1 aliphatic heterocycles. The number of nitrogens with one attached hydrogen (secondary N) is 1. The predicted octanol–water partition coefficient (Wildman–Crippen LogP) is 2.64. The summed E-state index contributed by atoms with van der Waals surface area (Å²) in [6.45, 7) is 8.51. The third kappa shape index (κ3) is 3.21. The van der Waals surface area contributed by atoms with Gasteiger partial charge >= 0.3 is 0 Å². The third-order valence-electron chi connectivity index (χ3n) is 4.49. The molecular formula is C14H28N2. The summed E-state index contributed by atoms with van der Waals surface area (Å²) in [4.78, 5) is 2.59. The van der Waals surface area contributed by atoms with Crippen molar-refractivity contribution in [2.24, 2.45) is 5.92 Å². The Morgan fingerprint density at radius 1 is 1.12 bits per heavy atom. The van der Waals surface area contributed by atoms with E-state index in [4.69, 9.17) is 0 Å². The minimum atomic E-state index is 0.783. The quantitative estimate of drug-likeness (QED) is 0.793. The maximum Gasteiger partial charge on any atom is 0.0120 e. The van der Waals surface area contributed by atoms with Crippen molar-refractivity contribution < 1.29 is 0 Å². The van der Waals surface area contributed by atoms with Crippen LogP contribution in [0.3, 0.4) is 0 Å². The molecule has 16 heavy (non-hydrogen) atoms. The highest BCUT2D eigenvalue weighted by Crippen LogP contribution is 2.22. The molecular weight excluding hydrogens is 196 g/mol. The van der Waals surface area contributed by atoms with E-state index in [1.165, 1.54) is 58.2 Å². The topological polar surface area (TPSA) is 15.3 Å². The van der Waals surface area contributed by atoms with Crippen molar-refractivity contribution in [3.8, 4) is 0 Å². The Kier molecular flexibility index (Phi) is 4.66. The van der Waals surface area contributed by atoms with Crippen LogP contribution in [0.25, 0.3) is 0 Å². The Morgan fingerprint density at radius 2 is 1.88 bits per heavy atom. The van der Waals surface area contributed by atoms with Crippen LogP contribution in [0.4, 0.5) is 0 Å². The second-order valence-corrected chi connectivity index (χ2v) is 5.77. The second kappa shape index (κ2) is 6.02. The molecule has 1 saturated carbocycles. The molecule has 0 amide bonds. The molecule has 94 valence electrons. The first-order valence-electron chi connectivity index (χ1n) is 7.28. The van der Waals surface area contributed by atoms with Gasteiger partial charge in [-0.25, -0.2) is 0 Å². The van der Waals surface area contributed by atoms with E-state index in [9.17, 15) is 0 Å². The number of rotatable bonds is 3. The van der Waals surface area contributed by atoms with Crippen LogP contribution in [-0.2, 0) is 0 Å². The fraction of sp³-hybridized carbons (Fsp3) is 1.00. The lowest BCUT2D eigenvalue weighted by molar-refractivity contribution is 0.140. The normalized spacial score (nSPS) is 34.1. The van der Waals surface area contributed by atoms with E-state index in [-0.39, 0.29) is 0 Å². The third-order valence-corrected chi connectivity index (χ3v) is 4.49. The Morgan fingerprint density at radius 3 is 2.50 bits per heavy atom. The van der Waals surface area contributed by atoms with Gasteiger partial charge in [0.2, 0.25) is 0 Å². The van der Waals surface area contributed by atoms with Crippen LogP contribution in [0.1, 0.15) is 52.4 Å². The van der Waals surface area contributed by atoms with Crippen molar-refractivity contribution in [2.75, 3.05) is 19.6 Å². The van der Waals surface area contributed by atoms with E-state index in [2.05, 4.69) is 24.1 Å². The number of hydrogen-bond acceptors (Lipinski definition) is 2. The Hall–Kier alpha value is -0.0800. The summed E-state index contributed by atoms with van der Waals surface area (Å²) >= 11 is 0. The lowest BCUT2D eigenvalue weighted by Gasteiger charge is -2.39. The van der Waals surface area contributed by atoms with Crippen LogP contribution >= 0.6 is 0 Å². The molecule has 2 aliphatic rings. The van der Waals surface area contributed by atoms with Gasteiger partial charge < -0.3 is 10.2 Å². The Bertz CT molecular complexity index is 199. The second-order valence-electron chi connectivity index (χ2n) is 5.77. The van der Waals surface area contributed by atoms with Crippen LogP contribution in [0.15, 0.2) is 0 Å². The number of nitrogens with zero attached hydrogens (tertiary/aromatic N) is 1. The van der Waals surface area contributed by atoms with E-state index in [0.717, 1.165) is 18.0 Å². The minimum Gasteiger partial charge on any atom is -0.311 e. The summed E-state index contributed by atoms with van der Waals surface area (Å²) in [6, 6.07) is 1.61. The summed E-state index contributed by atoms with van der Waals surface area (Å²) in [7, 11) is 0. The van der Waals surface area contributed by atoms with Gasteiger partial charge in [0.05, 0.1) is 0 Å². The van der Waals surface area contributed by atoms with Crippen LogP contribution in [0, 0.1) is 5.92 Å². The smallest absolute Gasteiger partial charge is 0.0120 e. The van der Waals surface area contributed by atoms with Gasteiger partial charge in [-0.2, -0.15) is 0 Å². The summed E-state index contributed by atoms with van der Waals surface area (Å²) < 4.78 is 0. The maximum atomic E-state index is 3.93. The average molecular weight is 224 g/mol. The van der Waals surface area contributed by atoms with E-state index >= 15 is 0 Å². The molecule has 0 aromatic rings. The van der Waals surface area contributed by atoms with Crippen molar-refractivity contribution in [3.63, 3.8) is 0 Å². The minimum absolute atomic E-state index is 0.783. The van der Waals surface area contributed by atoms with Crippen LogP contribution in [-0.4, -0.2) is 36.6 Å². The van der Waals surface area contributed by atoms with E-state index in [1.54, 1.807) is 0 Å². The number of likely N-dealkylation sites (tertiary alicyclic amines) is 1. The van der Waals surface area contributed by atoms with Crippen molar-refractivity contribution >= 4 is 0 Å². The number of piperidine rings is 1. The number of hydrogen-bond donors (Lipinski definition) is 1. The fourth-order valence-electron chi connectivity index (χ4n) is 3.34. The largest absolute Gasteiger partial charge is 0.311 e. The zero-order chi connectivity index (χ0) is 11.4.